The number of rotatable bonds is 15. The SMILES string of the molecule is CCC[C@@H](C)[C@H](NC(=O)OC(C)(C)C(F)(F)F)C(=O)N1C[C@H](Oc2nccc3ccccc23)C[C@H]1C(=O)N[C@]1(C(=O)NS(=O)(=O)C2CC2)C[C@H]1/C=C\C(C)C. The summed E-state index contributed by atoms with van der Waals surface area (Å²) < 4.78 is 79.7. The van der Waals surface area contributed by atoms with Crippen LogP contribution in [0.3, 0.4) is 0 Å². The van der Waals surface area contributed by atoms with E-state index in [1.807, 2.05) is 39.0 Å². The van der Waals surface area contributed by atoms with Crippen molar-refractivity contribution in [2.45, 2.75) is 121 Å². The number of amides is 4. The first-order chi connectivity index (χ1) is 25.7. The summed E-state index contributed by atoms with van der Waals surface area (Å²) in [4.78, 5) is 61.1. The van der Waals surface area contributed by atoms with E-state index in [1.165, 1.54) is 4.90 Å². The zero-order valence-corrected chi connectivity index (χ0v) is 32.6. The van der Waals surface area contributed by atoms with Crippen molar-refractivity contribution < 1.29 is 50.2 Å². The molecule has 2 saturated carbocycles. The number of halogens is 3. The van der Waals surface area contributed by atoms with Crippen molar-refractivity contribution in [3.05, 3.63) is 48.7 Å². The smallest absolute Gasteiger partial charge is 0.427 e. The van der Waals surface area contributed by atoms with Crippen LogP contribution in [-0.4, -0.2) is 89.4 Å². The summed E-state index contributed by atoms with van der Waals surface area (Å²) in [7, 11) is -3.97. The first-order valence-corrected chi connectivity index (χ1v) is 20.2. The minimum Gasteiger partial charge on any atom is -0.472 e. The van der Waals surface area contributed by atoms with E-state index in [-0.39, 0.29) is 31.2 Å². The minimum atomic E-state index is -4.90. The third kappa shape index (κ3) is 9.52. The highest BCUT2D eigenvalue weighted by atomic mass is 32.2. The number of aromatic nitrogens is 1. The molecule has 3 fully saturated rings. The van der Waals surface area contributed by atoms with Crippen LogP contribution in [0.1, 0.15) is 80.1 Å². The molecule has 0 bridgehead atoms. The number of alkyl carbamates (subject to hydrolysis) is 1. The van der Waals surface area contributed by atoms with Gasteiger partial charge in [-0.15, -0.1) is 0 Å². The van der Waals surface area contributed by atoms with Crippen molar-refractivity contribution in [2.24, 2.45) is 17.8 Å². The van der Waals surface area contributed by atoms with E-state index >= 15 is 0 Å². The molecule has 2 aromatic rings. The highest BCUT2D eigenvalue weighted by Gasteiger charge is 2.62. The van der Waals surface area contributed by atoms with Crippen LogP contribution in [0.5, 0.6) is 5.88 Å². The van der Waals surface area contributed by atoms with E-state index in [0.29, 0.717) is 44.9 Å². The fraction of sp³-hybridized carbons (Fsp3) is 0.605. The van der Waals surface area contributed by atoms with Gasteiger partial charge in [0.15, 0.2) is 0 Å². The molecule has 2 aliphatic carbocycles. The molecule has 0 unspecified atom stereocenters. The average Bonchev–Trinajstić information content (AvgIpc) is 4.02. The van der Waals surface area contributed by atoms with Gasteiger partial charge < -0.3 is 25.0 Å². The minimum absolute atomic E-state index is 0.0898. The van der Waals surface area contributed by atoms with Crippen molar-refractivity contribution in [3.63, 3.8) is 0 Å². The van der Waals surface area contributed by atoms with Gasteiger partial charge in [0.2, 0.25) is 33.3 Å². The summed E-state index contributed by atoms with van der Waals surface area (Å²) in [6, 6.07) is 6.39. The Kier molecular flexibility index (Phi) is 12.1. The predicted molar refractivity (Wildman–Crippen MR) is 197 cm³/mol. The van der Waals surface area contributed by atoms with Crippen LogP contribution in [0, 0.1) is 17.8 Å². The Morgan fingerprint density at radius 2 is 1.78 bits per heavy atom. The number of ether oxygens (including phenoxy) is 2. The van der Waals surface area contributed by atoms with Crippen LogP contribution in [0.15, 0.2) is 48.7 Å². The second-order valence-electron chi connectivity index (χ2n) is 15.7. The summed E-state index contributed by atoms with van der Waals surface area (Å²) >= 11 is 0. The van der Waals surface area contributed by atoms with Gasteiger partial charge in [-0.3, -0.25) is 19.1 Å². The van der Waals surface area contributed by atoms with Gasteiger partial charge in [0.05, 0.1) is 11.8 Å². The lowest BCUT2D eigenvalue weighted by Gasteiger charge is -2.33. The third-order valence-electron chi connectivity index (χ3n) is 10.3. The van der Waals surface area contributed by atoms with Crippen molar-refractivity contribution in [2.75, 3.05) is 6.54 Å². The Morgan fingerprint density at radius 3 is 2.42 bits per heavy atom. The zero-order chi connectivity index (χ0) is 40.5. The number of hydrogen-bond acceptors (Lipinski definition) is 9. The van der Waals surface area contributed by atoms with Crippen LogP contribution in [0.2, 0.25) is 0 Å². The van der Waals surface area contributed by atoms with Gasteiger partial charge in [-0.05, 0) is 68.9 Å². The van der Waals surface area contributed by atoms with Crippen LogP contribution in [0.4, 0.5) is 18.0 Å². The van der Waals surface area contributed by atoms with Gasteiger partial charge in [-0.25, -0.2) is 18.2 Å². The first-order valence-electron chi connectivity index (χ1n) is 18.6. The number of nitrogens with one attached hydrogen (secondary N) is 3. The molecule has 1 aromatic heterocycles. The summed E-state index contributed by atoms with van der Waals surface area (Å²) in [5, 5.41) is 5.92. The number of fused-ring (bicyclic) bond motifs is 1. The number of nitrogens with zero attached hydrogens (tertiary/aromatic N) is 2. The molecule has 1 saturated heterocycles. The third-order valence-corrected chi connectivity index (χ3v) is 12.2. The van der Waals surface area contributed by atoms with Crippen LogP contribution in [0.25, 0.3) is 10.8 Å². The topological polar surface area (TPSA) is 173 Å². The molecule has 0 radical (unpaired) electrons. The van der Waals surface area contributed by atoms with Crippen molar-refractivity contribution in [1.82, 2.24) is 25.2 Å². The lowest BCUT2D eigenvalue weighted by Crippen LogP contribution is -2.59. The van der Waals surface area contributed by atoms with E-state index in [0.717, 1.165) is 5.39 Å². The van der Waals surface area contributed by atoms with Crippen molar-refractivity contribution in [3.8, 4) is 5.88 Å². The molecule has 13 nitrogen and oxygen atoms in total. The van der Waals surface area contributed by atoms with Crippen LogP contribution >= 0.6 is 0 Å². The van der Waals surface area contributed by atoms with Crippen molar-refractivity contribution in [1.29, 1.82) is 0 Å². The number of benzene rings is 1. The van der Waals surface area contributed by atoms with Gasteiger partial charge in [0.25, 0.3) is 5.91 Å². The number of allylic oxidation sites excluding steroid dienone is 1. The lowest BCUT2D eigenvalue weighted by molar-refractivity contribution is -0.244. The number of likely N-dealkylation sites (tertiary alicyclic amines) is 1. The molecule has 6 atom stereocenters. The summed E-state index contributed by atoms with van der Waals surface area (Å²) in [5.41, 5.74) is -4.50. The molecule has 3 aliphatic rings. The Balaban J connectivity index is 1.46. The van der Waals surface area contributed by atoms with E-state index in [1.54, 1.807) is 37.4 Å². The maximum Gasteiger partial charge on any atom is 0.427 e. The van der Waals surface area contributed by atoms with Gasteiger partial charge in [-0.1, -0.05) is 64.5 Å². The number of alkyl halides is 3. The Hall–Kier alpha value is -4.41. The highest BCUT2D eigenvalue weighted by Crippen LogP contribution is 2.46. The molecule has 55 heavy (non-hydrogen) atoms. The van der Waals surface area contributed by atoms with Crippen LogP contribution < -0.4 is 20.1 Å². The number of carbonyl (C=O) groups is 4. The maximum atomic E-state index is 14.5. The van der Waals surface area contributed by atoms with E-state index in [9.17, 15) is 40.8 Å². The summed E-state index contributed by atoms with van der Waals surface area (Å²) in [5.74, 6) is -3.25. The Bertz CT molecular complexity index is 1910. The largest absolute Gasteiger partial charge is 0.472 e. The molecule has 3 N–H and O–H groups in total. The normalized spacial score (nSPS) is 24.0. The van der Waals surface area contributed by atoms with Gasteiger partial charge in [-0.2, -0.15) is 13.2 Å². The van der Waals surface area contributed by atoms with E-state index in [4.69, 9.17) is 9.47 Å². The first kappa shape index (κ1) is 41.7. The van der Waals surface area contributed by atoms with Crippen molar-refractivity contribution >= 4 is 44.6 Å². The Morgan fingerprint density at radius 1 is 1.09 bits per heavy atom. The summed E-state index contributed by atoms with van der Waals surface area (Å²) in [6.07, 6.45) is -0.261. The highest BCUT2D eigenvalue weighted by molar-refractivity contribution is 7.91. The second-order valence-corrected chi connectivity index (χ2v) is 17.6. The second kappa shape index (κ2) is 16.0. The monoisotopic (exact) mass is 793 g/mol. The molecule has 5 rings (SSSR count). The molecular formula is C38H50F3N5O8S. The maximum absolute atomic E-state index is 14.5. The molecular weight excluding hydrogens is 744 g/mol. The quantitative estimate of drug-likeness (QED) is 0.206. The molecule has 302 valence electrons. The average molecular weight is 794 g/mol. The van der Waals surface area contributed by atoms with E-state index in [2.05, 4.69) is 20.3 Å². The Labute approximate surface area is 319 Å². The van der Waals surface area contributed by atoms with Gasteiger partial charge in [0.1, 0.15) is 23.7 Å². The molecule has 1 aliphatic heterocycles. The molecule has 17 heteroatoms. The predicted octanol–water partition coefficient (Wildman–Crippen LogP) is 5.15. The number of sulfonamides is 1. The molecule has 0 spiro atoms. The van der Waals surface area contributed by atoms with Gasteiger partial charge >= 0.3 is 12.3 Å². The zero-order valence-electron chi connectivity index (χ0n) is 31.8. The number of carbonyl (C=O) groups excluding carboxylic acids is 4. The molecule has 4 amide bonds. The molecule has 1 aromatic carbocycles. The standard InChI is InChI=1S/C38H50F3N5O8S/c1-7-10-23(4)30(43-35(50)54-36(5,6)38(39,40)41)33(48)46-21-26(53-32-28-12-9-8-11-24(28)17-18-42-32)19-29(46)31(47)44-37(20-25(37)14-13-22(2)3)34(49)45-55(51,52)27-15-16-27/h8-9,11-14,17-18,22-23,25-27,29-30H,7,10,15-16,19-21H2,1-6H3,(H,43,50)(H,44,47)(H,45,49)/b14-13-/t23-,25-,26-,29+,30+,37-/m1/s1. The lowest BCUT2D eigenvalue weighted by atomic mass is 9.95. The summed E-state index contributed by atoms with van der Waals surface area (Å²) in [6.45, 7) is 8.52. The van der Waals surface area contributed by atoms with E-state index < -0.39 is 86.4 Å². The fourth-order valence-corrected chi connectivity index (χ4v) is 8.10. The number of hydrogen-bond donors (Lipinski definition) is 3. The number of pyridine rings is 1. The van der Waals surface area contributed by atoms with Gasteiger partial charge in [0, 0.05) is 23.9 Å². The molecule has 2 heterocycles. The van der Waals surface area contributed by atoms with Crippen LogP contribution in [-0.2, 0) is 29.1 Å². The fourth-order valence-electron chi connectivity index (χ4n) is 6.74.